The fourth-order valence-corrected chi connectivity index (χ4v) is 2.76. The summed E-state index contributed by atoms with van der Waals surface area (Å²) in [6.07, 6.45) is 2.42. The van der Waals surface area contributed by atoms with Gasteiger partial charge < -0.3 is 0 Å². The Kier molecular flexibility index (Phi) is 3.65. The Morgan fingerprint density at radius 3 is 1.47 bits per heavy atom. The lowest BCUT2D eigenvalue weighted by molar-refractivity contribution is 0.515. The molecule has 0 aliphatic heterocycles. The van der Waals surface area contributed by atoms with E-state index in [-0.39, 0.29) is 0 Å². The highest BCUT2D eigenvalue weighted by atomic mass is 32.1. The van der Waals surface area contributed by atoms with Gasteiger partial charge in [-0.25, -0.2) is 0 Å². The molecule has 0 aliphatic carbocycles. The molecule has 15 heavy (non-hydrogen) atoms. The molecule has 0 aliphatic rings. The Labute approximate surface area is 98.7 Å². The monoisotopic (exact) mass is 224 g/mol. The van der Waals surface area contributed by atoms with Crippen molar-refractivity contribution < 1.29 is 0 Å². The Morgan fingerprint density at radius 2 is 1.20 bits per heavy atom. The van der Waals surface area contributed by atoms with Gasteiger partial charge in [0.05, 0.1) is 0 Å². The molecule has 1 rings (SSSR count). The van der Waals surface area contributed by atoms with Gasteiger partial charge in [-0.2, -0.15) is 0 Å². The quantitative estimate of drug-likeness (QED) is 0.665. The van der Waals surface area contributed by atoms with Gasteiger partial charge in [0.2, 0.25) is 0 Å². The number of rotatable bonds is 4. The van der Waals surface area contributed by atoms with Crippen LogP contribution in [0.15, 0.2) is 12.1 Å². The molecule has 0 nitrogen and oxygen atoms in total. The number of hydrogen-bond donors (Lipinski definition) is 0. The van der Waals surface area contributed by atoms with Crippen molar-refractivity contribution in [3.8, 4) is 0 Å². The second-order valence-electron chi connectivity index (χ2n) is 5.64. The predicted molar refractivity (Wildman–Crippen MR) is 71.0 cm³/mol. The molecule has 0 amide bonds. The Balaban J connectivity index is 3.00. The lowest BCUT2D eigenvalue weighted by Gasteiger charge is -2.23. The number of thiophene rings is 1. The molecule has 1 heterocycles. The molecular formula is C14H24S. The summed E-state index contributed by atoms with van der Waals surface area (Å²) >= 11 is 2.00. The van der Waals surface area contributed by atoms with Crippen LogP contribution in [-0.2, 0) is 10.8 Å². The van der Waals surface area contributed by atoms with Crippen LogP contribution in [-0.4, -0.2) is 0 Å². The van der Waals surface area contributed by atoms with Gasteiger partial charge in [-0.1, -0.05) is 41.5 Å². The largest absolute Gasteiger partial charge is 0.144 e. The maximum Gasteiger partial charge on any atom is 0.0105 e. The summed E-state index contributed by atoms with van der Waals surface area (Å²) in [5.41, 5.74) is 0.680. The highest BCUT2D eigenvalue weighted by molar-refractivity contribution is 7.12. The standard InChI is InChI=1S/C14H24S/c1-7-13(3,4)11-9-10-12(15-11)14(5,6)8-2/h9-10H,7-8H2,1-6H3. The summed E-state index contributed by atoms with van der Waals surface area (Å²) in [6, 6.07) is 4.64. The third-order valence-electron chi connectivity index (χ3n) is 3.71. The van der Waals surface area contributed by atoms with Crippen molar-refractivity contribution in [2.75, 3.05) is 0 Å². The van der Waals surface area contributed by atoms with Crippen LogP contribution >= 0.6 is 11.3 Å². The molecule has 0 spiro atoms. The summed E-state index contributed by atoms with van der Waals surface area (Å²) in [6.45, 7) is 13.9. The fourth-order valence-electron chi connectivity index (χ4n) is 1.41. The summed E-state index contributed by atoms with van der Waals surface area (Å²) in [4.78, 5) is 3.06. The lowest BCUT2D eigenvalue weighted by Crippen LogP contribution is -2.14. The van der Waals surface area contributed by atoms with Gasteiger partial charge in [-0.05, 0) is 35.8 Å². The fraction of sp³-hybridized carbons (Fsp3) is 0.714. The van der Waals surface area contributed by atoms with Crippen molar-refractivity contribution in [1.82, 2.24) is 0 Å². The van der Waals surface area contributed by atoms with Crippen LogP contribution in [0.25, 0.3) is 0 Å². The third kappa shape index (κ3) is 2.63. The molecule has 1 aromatic heterocycles. The molecule has 0 N–H and O–H groups in total. The minimum atomic E-state index is 0.340. The van der Waals surface area contributed by atoms with Crippen molar-refractivity contribution in [2.45, 2.75) is 65.2 Å². The zero-order valence-corrected chi connectivity index (χ0v) is 11.8. The van der Waals surface area contributed by atoms with E-state index >= 15 is 0 Å². The first-order chi connectivity index (χ1) is 6.83. The molecule has 0 unspecified atom stereocenters. The van der Waals surface area contributed by atoms with Gasteiger partial charge in [0.25, 0.3) is 0 Å². The molecule has 0 fully saturated rings. The summed E-state index contributed by atoms with van der Waals surface area (Å²) in [5.74, 6) is 0. The molecule has 0 atom stereocenters. The van der Waals surface area contributed by atoms with E-state index < -0.39 is 0 Å². The molecular weight excluding hydrogens is 200 g/mol. The van der Waals surface area contributed by atoms with E-state index in [1.165, 1.54) is 22.6 Å². The predicted octanol–water partition coefficient (Wildman–Crippen LogP) is 5.12. The van der Waals surface area contributed by atoms with Crippen LogP contribution in [0.1, 0.15) is 64.1 Å². The number of hydrogen-bond acceptors (Lipinski definition) is 1. The summed E-state index contributed by atoms with van der Waals surface area (Å²) in [7, 11) is 0. The minimum absolute atomic E-state index is 0.340. The Bertz CT molecular complexity index is 287. The van der Waals surface area contributed by atoms with E-state index in [4.69, 9.17) is 0 Å². The summed E-state index contributed by atoms with van der Waals surface area (Å²) < 4.78 is 0. The molecule has 0 saturated heterocycles. The van der Waals surface area contributed by atoms with E-state index in [1.54, 1.807) is 0 Å². The molecule has 0 aromatic carbocycles. The minimum Gasteiger partial charge on any atom is -0.144 e. The maximum atomic E-state index is 2.33. The van der Waals surface area contributed by atoms with Crippen molar-refractivity contribution in [3.63, 3.8) is 0 Å². The van der Waals surface area contributed by atoms with Gasteiger partial charge in [-0.15, -0.1) is 11.3 Å². The van der Waals surface area contributed by atoms with Crippen LogP contribution in [0.4, 0.5) is 0 Å². The second-order valence-corrected chi connectivity index (χ2v) is 6.72. The molecule has 86 valence electrons. The van der Waals surface area contributed by atoms with Crippen LogP contribution in [0.5, 0.6) is 0 Å². The molecule has 0 bridgehead atoms. The van der Waals surface area contributed by atoms with Crippen LogP contribution in [0.3, 0.4) is 0 Å². The normalized spacial score (nSPS) is 13.2. The highest BCUT2D eigenvalue weighted by Crippen LogP contribution is 2.38. The van der Waals surface area contributed by atoms with Crippen molar-refractivity contribution in [1.29, 1.82) is 0 Å². The topological polar surface area (TPSA) is 0 Å². The van der Waals surface area contributed by atoms with Crippen LogP contribution in [0, 0.1) is 0 Å². The van der Waals surface area contributed by atoms with Crippen molar-refractivity contribution in [2.24, 2.45) is 0 Å². The SMILES string of the molecule is CCC(C)(C)c1ccc(C(C)(C)CC)s1. The van der Waals surface area contributed by atoms with Gasteiger partial charge in [0.15, 0.2) is 0 Å². The van der Waals surface area contributed by atoms with E-state index in [1.807, 2.05) is 11.3 Å². The summed E-state index contributed by atoms with van der Waals surface area (Å²) in [5, 5.41) is 0. The first kappa shape index (κ1) is 12.8. The second kappa shape index (κ2) is 4.29. The van der Waals surface area contributed by atoms with Crippen molar-refractivity contribution in [3.05, 3.63) is 21.9 Å². The Hall–Kier alpha value is -0.300. The maximum absolute atomic E-state index is 2.33. The van der Waals surface area contributed by atoms with Crippen LogP contribution in [0.2, 0.25) is 0 Å². The average Bonchev–Trinajstić information content (AvgIpc) is 2.67. The Morgan fingerprint density at radius 1 is 0.867 bits per heavy atom. The van der Waals surface area contributed by atoms with E-state index in [9.17, 15) is 0 Å². The van der Waals surface area contributed by atoms with Gasteiger partial charge >= 0.3 is 0 Å². The van der Waals surface area contributed by atoms with Gasteiger partial charge in [0, 0.05) is 9.75 Å². The molecule has 0 saturated carbocycles. The highest BCUT2D eigenvalue weighted by Gasteiger charge is 2.25. The first-order valence-corrected chi connectivity index (χ1v) is 6.76. The van der Waals surface area contributed by atoms with Gasteiger partial charge in [-0.3, -0.25) is 0 Å². The van der Waals surface area contributed by atoms with E-state index in [0.717, 1.165) is 0 Å². The zero-order chi connectivity index (χ0) is 11.7. The van der Waals surface area contributed by atoms with Crippen molar-refractivity contribution >= 4 is 11.3 Å². The lowest BCUT2D eigenvalue weighted by atomic mass is 9.87. The first-order valence-electron chi connectivity index (χ1n) is 5.94. The van der Waals surface area contributed by atoms with E-state index in [2.05, 4.69) is 53.7 Å². The van der Waals surface area contributed by atoms with Crippen LogP contribution < -0.4 is 0 Å². The molecule has 1 aromatic rings. The smallest absolute Gasteiger partial charge is 0.0105 e. The third-order valence-corrected chi connectivity index (χ3v) is 5.52. The average molecular weight is 224 g/mol. The molecule has 1 heteroatoms. The zero-order valence-electron chi connectivity index (χ0n) is 11.0. The molecule has 0 radical (unpaired) electrons. The van der Waals surface area contributed by atoms with E-state index in [0.29, 0.717) is 10.8 Å². The van der Waals surface area contributed by atoms with Gasteiger partial charge in [0.1, 0.15) is 0 Å².